The molecule has 1 heterocycles. The Bertz CT molecular complexity index is 1010. The summed E-state index contributed by atoms with van der Waals surface area (Å²) in [6.45, 7) is 3.45. The normalized spacial score (nSPS) is 22.4. The Kier molecular flexibility index (Phi) is 8.08. The van der Waals surface area contributed by atoms with Crippen molar-refractivity contribution in [3.8, 4) is 5.75 Å². The van der Waals surface area contributed by atoms with E-state index >= 15 is 0 Å². The van der Waals surface area contributed by atoms with Crippen molar-refractivity contribution in [2.45, 2.75) is 63.7 Å². The van der Waals surface area contributed by atoms with Gasteiger partial charge in [-0.2, -0.15) is 0 Å². The number of halogens is 1. The van der Waals surface area contributed by atoms with Gasteiger partial charge in [0.1, 0.15) is 18.4 Å². The highest BCUT2D eigenvalue weighted by atomic mass is 19.1. The van der Waals surface area contributed by atoms with Crippen LogP contribution in [-0.4, -0.2) is 71.3 Å². The second kappa shape index (κ2) is 10.8. The number of carboxylic acids is 1. The van der Waals surface area contributed by atoms with Crippen molar-refractivity contribution in [1.82, 2.24) is 15.5 Å². The number of carbonyl (C=O) groups is 5. The van der Waals surface area contributed by atoms with E-state index in [0.717, 1.165) is 0 Å². The number of fused-ring (bicyclic) bond motifs is 2. The largest absolute Gasteiger partial charge is 0.494 e. The zero-order valence-electron chi connectivity index (χ0n) is 19.8. The molecule has 0 radical (unpaired) electrons. The van der Waals surface area contributed by atoms with Gasteiger partial charge in [0.05, 0.1) is 25.1 Å². The van der Waals surface area contributed by atoms with Crippen molar-refractivity contribution >= 4 is 30.0 Å². The molecule has 190 valence electrons. The van der Waals surface area contributed by atoms with E-state index < -0.39 is 54.1 Å². The van der Waals surface area contributed by atoms with Gasteiger partial charge >= 0.3 is 5.97 Å². The third-order valence-electron chi connectivity index (χ3n) is 6.64. The number of hydrogen-bond acceptors (Lipinski definition) is 6. The fourth-order valence-electron chi connectivity index (χ4n) is 4.97. The third-order valence-corrected chi connectivity index (χ3v) is 6.64. The number of methoxy groups -OCH3 is 1. The molecule has 3 N–H and O–H groups in total. The lowest BCUT2D eigenvalue weighted by atomic mass is 9.95. The van der Waals surface area contributed by atoms with Crippen LogP contribution in [0.1, 0.15) is 49.9 Å². The summed E-state index contributed by atoms with van der Waals surface area (Å²) < 4.78 is 19.5. The van der Waals surface area contributed by atoms with Gasteiger partial charge < -0.3 is 30.2 Å². The van der Waals surface area contributed by atoms with Crippen LogP contribution in [0.25, 0.3) is 0 Å². The molecule has 0 spiro atoms. The van der Waals surface area contributed by atoms with Crippen molar-refractivity contribution in [2.24, 2.45) is 11.8 Å². The number of benzene rings is 1. The summed E-state index contributed by atoms with van der Waals surface area (Å²) >= 11 is 0. The first-order valence-electron chi connectivity index (χ1n) is 11.5. The molecule has 1 saturated heterocycles. The summed E-state index contributed by atoms with van der Waals surface area (Å²) in [4.78, 5) is 63.2. The number of carboxylic acid groups (broad SMARTS) is 1. The lowest BCUT2D eigenvalue weighted by Gasteiger charge is -2.38. The molecule has 5 atom stereocenters. The van der Waals surface area contributed by atoms with E-state index in [0.29, 0.717) is 25.5 Å². The molecule has 1 aromatic rings. The Morgan fingerprint density at radius 1 is 1.23 bits per heavy atom. The number of ether oxygens (including phenoxy) is 1. The van der Waals surface area contributed by atoms with Crippen molar-refractivity contribution in [2.75, 3.05) is 7.11 Å². The minimum atomic E-state index is -1.24. The predicted molar refractivity (Wildman–Crippen MR) is 121 cm³/mol. The molecule has 2 aliphatic rings. The predicted octanol–water partition coefficient (Wildman–Crippen LogP) is 1.13. The van der Waals surface area contributed by atoms with Crippen molar-refractivity contribution in [1.29, 1.82) is 0 Å². The maximum Gasteiger partial charge on any atom is 0.305 e. The fraction of sp³-hybridized carbons (Fsp3) is 0.542. The summed E-state index contributed by atoms with van der Waals surface area (Å²) in [5, 5.41) is 14.0. The van der Waals surface area contributed by atoms with Crippen LogP contribution in [0.4, 0.5) is 4.39 Å². The van der Waals surface area contributed by atoms with Gasteiger partial charge in [-0.25, -0.2) is 4.39 Å². The summed E-state index contributed by atoms with van der Waals surface area (Å²) in [6, 6.07) is 0.761. The van der Waals surface area contributed by atoms with Crippen LogP contribution in [0.3, 0.4) is 0 Å². The highest BCUT2D eigenvalue weighted by Crippen LogP contribution is 2.43. The quantitative estimate of drug-likeness (QED) is 0.417. The minimum absolute atomic E-state index is 0.107. The first-order valence-corrected chi connectivity index (χ1v) is 11.5. The lowest BCUT2D eigenvalue weighted by Crippen LogP contribution is -2.60. The van der Waals surface area contributed by atoms with E-state index in [4.69, 9.17) is 9.84 Å². The van der Waals surface area contributed by atoms with Crippen molar-refractivity contribution < 1.29 is 38.2 Å². The molecule has 5 unspecified atom stereocenters. The van der Waals surface area contributed by atoms with Crippen LogP contribution in [-0.2, 0) is 19.2 Å². The van der Waals surface area contributed by atoms with Crippen LogP contribution in [0.15, 0.2) is 18.2 Å². The van der Waals surface area contributed by atoms with Gasteiger partial charge in [0.25, 0.3) is 5.91 Å². The van der Waals surface area contributed by atoms with Gasteiger partial charge in [0.2, 0.25) is 11.8 Å². The molecule has 1 aliphatic heterocycles. The zero-order chi connectivity index (χ0) is 25.9. The van der Waals surface area contributed by atoms with Gasteiger partial charge in [-0.15, -0.1) is 0 Å². The van der Waals surface area contributed by atoms with Crippen LogP contribution < -0.4 is 15.4 Å². The first-order chi connectivity index (χ1) is 16.6. The number of rotatable bonds is 10. The molecular weight excluding hydrogens is 461 g/mol. The Balaban J connectivity index is 1.82. The van der Waals surface area contributed by atoms with Crippen LogP contribution in [0.2, 0.25) is 0 Å². The van der Waals surface area contributed by atoms with Crippen LogP contribution in [0, 0.1) is 17.7 Å². The number of amides is 3. The smallest absolute Gasteiger partial charge is 0.305 e. The van der Waals surface area contributed by atoms with E-state index in [9.17, 15) is 28.4 Å². The highest BCUT2D eigenvalue weighted by Gasteiger charge is 2.53. The fourth-order valence-corrected chi connectivity index (χ4v) is 4.97. The maximum absolute atomic E-state index is 14.6. The molecule has 1 aromatic carbocycles. The molecule has 35 heavy (non-hydrogen) atoms. The molecule has 0 aromatic heterocycles. The SMILES string of the molecule is COc1cccc(C(=O)NC(C(=O)N2C3CCC(C3)C2C(=O)NC(C=O)CC(=O)O)C(C)C)c1F. The van der Waals surface area contributed by atoms with Gasteiger partial charge in [-0.1, -0.05) is 19.9 Å². The summed E-state index contributed by atoms with van der Waals surface area (Å²) in [6.07, 6.45) is 1.78. The second-order valence-corrected chi connectivity index (χ2v) is 9.28. The number of nitrogens with one attached hydrogen (secondary N) is 2. The Hall–Kier alpha value is -3.50. The van der Waals surface area contributed by atoms with E-state index in [1.54, 1.807) is 13.8 Å². The Morgan fingerprint density at radius 3 is 2.54 bits per heavy atom. The number of likely N-dealkylation sites (tertiary alicyclic amines) is 1. The molecule has 3 rings (SSSR count). The van der Waals surface area contributed by atoms with E-state index in [1.165, 1.54) is 30.2 Å². The van der Waals surface area contributed by atoms with Gasteiger partial charge in [-0.05, 0) is 43.2 Å². The minimum Gasteiger partial charge on any atom is -0.494 e. The molecule has 10 nitrogen and oxygen atoms in total. The summed E-state index contributed by atoms with van der Waals surface area (Å²) in [7, 11) is 1.28. The number of hydrogen-bond donors (Lipinski definition) is 3. The molecule has 2 bridgehead atoms. The second-order valence-electron chi connectivity index (χ2n) is 9.28. The monoisotopic (exact) mass is 491 g/mol. The maximum atomic E-state index is 14.6. The third kappa shape index (κ3) is 5.44. The van der Waals surface area contributed by atoms with Crippen LogP contribution in [0.5, 0.6) is 5.75 Å². The Morgan fingerprint density at radius 2 is 1.94 bits per heavy atom. The molecule has 2 fully saturated rings. The van der Waals surface area contributed by atoms with E-state index in [-0.39, 0.29) is 29.2 Å². The molecule has 3 amide bonds. The van der Waals surface area contributed by atoms with Crippen molar-refractivity contribution in [3.05, 3.63) is 29.6 Å². The lowest BCUT2D eigenvalue weighted by molar-refractivity contribution is -0.146. The molecule has 1 saturated carbocycles. The standard InChI is InChI=1S/C24H30FN3O7/c1-12(2)20(27-22(32)16-5-4-6-17(35-3)19(16)25)24(34)28-15-8-7-13(9-15)21(28)23(33)26-14(11-29)10-18(30)31/h4-6,11-15,20-21H,7-10H2,1-3H3,(H,26,33)(H,27,32)(H,30,31). The average Bonchev–Trinajstić information content (AvgIpc) is 3.43. The number of aliphatic carboxylic acids is 1. The number of nitrogens with zero attached hydrogens (tertiary/aromatic N) is 1. The van der Waals surface area contributed by atoms with Gasteiger partial charge in [0.15, 0.2) is 11.6 Å². The summed E-state index contributed by atoms with van der Waals surface area (Å²) in [5.74, 6) is -4.58. The Labute approximate surface area is 202 Å². The number of carbonyl (C=O) groups excluding carboxylic acids is 4. The van der Waals surface area contributed by atoms with E-state index in [2.05, 4.69) is 10.6 Å². The highest BCUT2D eigenvalue weighted by molar-refractivity contribution is 5.99. The number of aldehydes is 1. The zero-order valence-corrected chi connectivity index (χ0v) is 19.8. The average molecular weight is 492 g/mol. The van der Waals surface area contributed by atoms with Crippen LogP contribution >= 0.6 is 0 Å². The first kappa shape index (κ1) is 26.1. The topological polar surface area (TPSA) is 142 Å². The number of piperidine rings is 1. The molecular formula is C24H30FN3O7. The van der Waals surface area contributed by atoms with E-state index in [1.807, 2.05) is 0 Å². The summed E-state index contributed by atoms with van der Waals surface area (Å²) in [5.41, 5.74) is -0.275. The molecule has 1 aliphatic carbocycles. The van der Waals surface area contributed by atoms with Gasteiger partial charge in [0, 0.05) is 6.04 Å². The van der Waals surface area contributed by atoms with Crippen molar-refractivity contribution in [3.63, 3.8) is 0 Å². The molecule has 11 heteroatoms. The van der Waals surface area contributed by atoms with Gasteiger partial charge in [-0.3, -0.25) is 19.2 Å².